The summed E-state index contributed by atoms with van der Waals surface area (Å²) in [6, 6.07) is 16.9. The van der Waals surface area contributed by atoms with Crippen LogP contribution in [-0.2, 0) is 27.8 Å². The number of amides is 1. The van der Waals surface area contributed by atoms with Crippen LogP contribution in [0.25, 0.3) is 10.8 Å². The number of hydrogen-bond acceptors (Lipinski definition) is 4. The maximum absolute atomic E-state index is 13.2. The fourth-order valence-corrected chi connectivity index (χ4v) is 7.60. The first-order valence-electron chi connectivity index (χ1n) is 13.6. The zero-order valence-corrected chi connectivity index (χ0v) is 23.4. The van der Waals surface area contributed by atoms with Gasteiger partial charge in [0, 0.05) is 40.8 Å². The summed E-state index contributed by atoms with van der Waals surface area (Å²) in [6.07, 6.45) is 8.15. The van der Waals surface area contributed by atoms with E-state index < -0.39 is 16.1 Å². The molecule has 2 atom stereocenters. The highest BCUT2D eigenvalue weighted by Gasteiger charge is 2.25. The summed E-state index contributed by atoms with van der Waals surface area (Å²) in [4.78, 5) is 13.1. The average molecular weight is 554 g/mol. The van der Waals surface area contributed by atoms with Crippen LogP contribution in [0.5, 0.6) is 0 Å². The minimum atomic E-state index is -3.84. The third-order valence-electron chi connectivity index (χ3n) is 7.77. The highest BCUT2D eigenvalue weighted by atomic mass is 35.5. The van der Waals surface area contributed by atoms with E-state index in [1.165, 1.54) is 42.4 Å². The number of carbonyl (C=O) groups excluding carboxylic acids is 1. The van der Waals surface area contributed by atoms with Gasteiger partial charge >= 0.3 is 0 Å². The lowest BCUT2D eigenvalue weighted by atomic mass is 9.86. The van der Waals surface area contributed by atoms with E-state index in [-0.39, 0.29) is 23.3 Å². The molecule has 3 aromatic carbocycles. The predicted molar refractivity (Wildman–Crippen MR) is 153 cm³/mol. The Morgan fingerprint density at radius 3 is 2.58 bits per heavy atom. The van der Waals surface area contributed by atoms with E-state index in [0.717, 1.165) is 25.8 Å². The van der Waals surface area contributed by atoms with Crippen molar-refractivity contribution >= 4 is 38.3 Å². The van der Waals surface area contributed by atoms with Crippen LogP contribution in [0.4, 0.5) is 0 Å². The largest absolute Gasteiger partial charge is 0.349 e. The van der Waals surface area contributed by atoms with Crippen LogP contribution < -0.4 is 15.4 Å². The molecule has 5 rings (SSSR count). The third kappa shape index (κ3) is 6.23. The minimum absolute atomic E-state index is 0.0490. The van der Waals surface area contributed by atoms with Gasteiger partial charge in [-0.05, 0) is 67.9 Å². The molecule has 2 aliphatic carbocycles. The van der Waals surface area contributed by atoms with Crippen molar-refractivity contribution in [1.29, 1.82) is 0 Å². The van der Waals surface area contributed by atoms with E-state index in [1.54, 1.807) is 43.3 Å². The maximum Gasteiger partial charge on any atom is 0.241 e. The molecule has 1 saturated carbocycles. The molecule has 0 radical (unpaired) electrons. The summed E-state index contributed by atoms with van der Waals surface area (Å²) in [6.45, 7) is 2.60. The number of nitrogens with one attached hydrogen (secondary N) is 3. The molecule has 0 aliphatic heterocycles. The Morgan fingerprint density at radius 1 is 1.00 bits per heavy atom. The molecule has 1 fully saturated rings. The second-order valence-electron chi connectivity index (χ2n) is 10.7. The first-order chi connectivity index (χ1) is 18.3. The van der Waals surface area contributed by atoms with Gasteiger partial charge in [0.05, 0.1) is 10.9 Å². The van der Waals surface area contributed by atoms with Gasteiger partial charge in [0.25, 0.3) is 0 Å². The molecule has 38 heavy (non-hydrogen) atoms. The Labute approximate surface area is 230 Å². The molecule has 6 nitrogen and oxygen atoms in total. The summed E-state index contributed by atoms with van der Waals surface area (Å²) in [5, 5.41) is 8.57. The first kappa shape index (κ1) is 27.1. The summed E-state index contributed by atoms with van der Waals surface area (Å²) in [5.74, 6) is -0.161. The molecule has 3 N–H and O–H groups in total. The number of fused-ring (bicyclic) bond motifs is 2. The zero-order chi connectivity index (χ0) is 26.7. The van der Waals surface area contributed by atoms with Crippen LogP contribution in [-0.4, -0.2) is 26.4 Å². The minimum Gasteiger partial charge on any atom is -0.349 e. The van der Waals surface area contributed by atoms with Gasteiger partial charge < -0.3 is 10.6 Å². The Balaban J connectivity index is 1.20. The van der Waals surface area contributed by atoms with Gasteiger partial charge in [-0.15, -0.1) is 0 Å². The van der Waals surface area contributed by atoms with Crippen molar-refractivity contribution in [2.24, 2.45) is 0 Å². The highest BCUT2D eigenvalue weighted by Crippen LogP contribution is 2.31. The van der Waals surface area contributed by atoms with Crippen LogP contribution in [0.15, 0.2) is 59.5 Å². The lowest BCUT2D eigenvalue weighted by Crippen LogP contribution is -2.39. The number of sulfonamides is 1. The molecule has 0 saturated heterocycles. The molecular formula is C30H36ClN3O3S. The monoisotopic (exact) mass is 553 g/mol. The topological polar surface area (TPSA) is 87.3 Å². The smallest absolute Gasteiger partial charge is 0.241 e. The van der Waals surface area contributed by atoms with E-state index >= 15 is 0 Å². The molecule has 0 bridgehead atoms. The molecule has 0 spiro atoms. The predicted octanol–water partition coefficient (Wildman–Crippen LogP) is 5.78. The van der Waals surface area contributed by atoms with Crippen LogP contribution in [0.2, 0.25) is 5.02 Å². The molecule has 3 aromatic rings. The normalized spacial score (nSPS) is 18.8. The van der Waals surface area contributed by atoms with E-state index in [9.17, 15) is 13.2 Å². The third-order valence-corrected chi connectivity index (χ3v) is 9.75. The van der Waals surface area contributed by atoms with E-state index in [0.29, 0.717) is 21.8 Å². The van der Waals surface area contributed by atoms with Gasteiger partial charge in [-0.25, -0.2) is 13.1 Å². The SMILES string of the molecule is C[C@@H](CC(=O)N[C@@H]1CCCc2cc(CNC3CCCC3)ccc21)NS(=O)(=O)c1cccc2c(Cl)cccc12. The van der Waals surface area contributed by atoms with Crippen molar-refractivity contribution < 1.29 is 13.2 Å². The Hall–Kier alpha value is -2.45. The molecule has 202 valence electrons. The highest BCUT2D eigenvalue weighted by molar-refractivity contribution is 7.89. The fraction of sp³-hybridized carbons (Fsp3) is 0.433. The van der Waals surface area contributed by atoms with E-state index in [4.69, 9.17) is 11.6 Å². The van der Waals surface area contributed by atoms with Gasteiger partial charge in [0.15, 0.2) is 0 Å². The van der Waals surface area contributed by atoms with Crippen molar-refractivity contribution in [2.75, 3.05) is 0 Å². The maximum atomic E-state index is 13.2. The number of hydrogen-bond donors (Lipinski definition) is 3. The molecule has 1 amide bonds. The van der Waals surface area contributed by atoms with Gasteiger partial charge in [-0.1, -0.05) is 66.9 Å². The first-order valence-corrected chi connectivity index (χ1v) is 15.5. The van der Waals surface area contributed by atoms with Crippen molar-refractivity contribution in [3.63, 3.8) is 0 Å². The molecule has 0 unspecified atom stereocenters. The van der Waals surface area contributed by atoms with Crippen LogP contribution in [0, 0.1) is 0 Å². The average Bonchev–Trinajstić information content (AvgIpc) is 3.41. The summed E-state index contributed by atoms with van der Waals surface area (Å²) >= 11 is 6.26. The Morgan fingerprint density at radius 2 is 1.76 bits per heavy atom. The number of rotatable bonds is 9. The van der Waals surface area contributed by atoms with Gasteiger partial charge in [-0.2, -0.15) is 0 Å². The summed E-state index contributed by atoms with van der Waals surface area (Å²) in [7, 11) is -3.84. The lowest BCUT2D eigenvalue weighted by Gasteiger charge is -2.27. The molecule has 8 heteroatoms. The van der Waals surface area contributed by atoms with Gasteiger partial charge in [0.2, 0.25) is 15.9 Å². The summed E-state index contributed by atoms with van der Waals surface area (Å²) < 4.78 is 29.0. The van der Waals surface area contributed by atoms with Crippen molar-refractivity contribution in [2.45, 2.75) is 87.9 Å². The van der Waals surface area contributed by atoms with Crippen molar-refractivity contribution in [3.05, 3.63) is 76.3 Å². The van der Waals surface area contributed by atoms with Gasteiger partial charge in [0.1, 0.15) is 0 Å². The van der Waals surface area contributed by atoms with Crippen LogP contribution in [0.1, 0.15) is 74.6 Å². The quantitative estimate of drug-likeness (QED) is 0.313. The van der Waals surface area contributed by atoms with Crippen LogP contribution >= 0.6 is 11.6 Å². The second-order valence-corrected chi connectivity index (χ2v) is 12.8. The van der Waals surface area contributed by atoms with E-state index in [2.05, 4.69) is 33.6 Å². The number of aryl methyl sites for hydroxylation is 1. The van der Waals surface area contributed by atoms with Gasteiger partial charge in [-0.3, -0.25) is 4.79 Å². The lowest BCUT2D eigenvalue weighted by molar-refractivity contribution is -0.122. The summed E-state index contributed by atoms with van der Waals surface area (Å²) in [5.41, 5.74) is 3.77. The molecule has 2 aliphatic rings. The van der Waals surface area contributed by atoms with Crippen LogP contribution in [0.3, 0.4) is 0 Å². The Bertz CT molecular complexity index is 1420. The second kappa shape index (κ2) is 11.7. The zero-order valence-electron chi connectivity index (χ0n) is 21.8. The fourth-order valence-electron chi connectivity index (χ4n) is 5.90. The number of benzene rings is 3. The molecule has 0 aromatic heterocycles. The van der Waals surface area contributed by atoms with E-state index in [1.807, 2.05) is 0 Å². The molecule has 0 heterocycles. The number of halogens is 1. The Kier molecular flexibility index (Phi) is 8.38. The van der Waals surface area contributed by atoms with Crippen molar-refractivity contribution in [1.82, 2.24) is 15.4 Å². The standard InChI is InChI=1S/C30H36ClN3O3S/c1-20(34-38(36,37)29-14-6-10-25-26(29)11-5-12-27(25)31)17-30(35)33-28-13-4-7-22-18-21(15-16-24(22)28)19-32-23-8-2-3-9-23/h5-6,10-12,14-16,18,20,23,28,32,34H,2-4,7-9,13,17,19H2,1H3,(H,33,35)/t20-,28+/m0/s1. The van der Waals surface area contributed by atoms with Crippen molar-refractivity contribution in [3.8, 4) is 0 Å². The molecular weight excluding hydrogens is 518 g/mol. The number of carbonyl (C=O) groups is 1.